The number of rotatable bonds is 2. The van der Waals surface area contributed by atoms with Gasteiger partial charge < -0.3 is 10.2 Å². The normalized spacial score (nSPS) is 21.6. The molecule has 4 amide bonds. The summed E-state index contributed by atoms with van der Waals surface area (Å²) in [6.45, 7) is 2.93. The van der Waals surface area contributed by atoms with Crippen LogP contribution < -0.4 is 5.32 Å². The number of amides is 4. The molecule has 0 radical (unpaired) electrons. The van der Waals surface area contributed by atoms with Crippen LogP contribution in [-0.4, -0.2) is 51.9 Å². The smallest absolute Gasteiger partial charge is 0.321 e. The maximum atomic E-state index is 12.2. The summed E-state index contributed by atoms with van der Waals surface area (Å²) in [5, 5.41) is 2.64. The van der Waals surface area contributed by atoms with Crippen LogP contribution in [0.5, 0.6) is 0 Å². The predicted molar refractivity (Wildman–Crippen MR) is 84.9 cm³/mol. The molecule has 2 aliphatic rings. The van der Waals surface area contributed by atoms with E-state index in [1.54, 1.807) is 4.90 Å². The van der Waals surface area contributed by atoms with Crippen molar-refractivity contribution in [1.29, 1.82) is 0 Å². The molecule has 2 saturated heterocycles. The highest BCUT2D eigenvalue weighted by atomic mass is 32.2. The average molecular weight is 319 g/mol. The molecule has 1 aromatic carbocycles. The van der Waals surface area contributed by atoms with E-state index >= 15 is 0 Å². The second-order valence-electron chi connectivity index (χ2n) is 5.50. The molecule has 0 spiro atoms. The van der Waals surface area contributed by atoms with Gasteiger partial charge in [-0.2, -0.15) is 0 Å². The Bertz CT molecular complexity index is 601. The minimum atomic E-state index is -0.198. The number of urea groups is 1. The zero-order valence-electron chi connectivity index (χ0n) is 12.2. The quantitative estimate of drug-likeness (QED) is 0.908. The number of imide groups is 1. The van der Waals surface area contributed by atoms with Crippen LogP contribution in [0.4, 0.5) is 15.3 Å². The molecule has 0 aliphatic carbocycles. The van der Waals surface area contributed by atoms with Gasteiger partial charge in [0.2, 0.25) is 5.91 Å². The number of hydrogen-bond acceptors (Lipinski definition) is 4. The van der Waals surface area contributed by atoms with Crippen molar-refractivity contribution >= 4 is 34.6 Å². The first-order valence-corrected chi connectivity index (χ1v) is 8.14. The number of carbonyl (C=O) groups excluding carboxylic acids is 3. The summed E-state index contributed by atoms with van der Waals surface area (Å²) in [6, 6.07) is 7.18. The number of carbonyl (C=O) groups is 3. The Hall–Kier alpha value is -2.02. The molecule has 2 aliphatic heterocycles. The summed E-state index contributed by atoms with van der Waals surface area (Å²) in [5.41, 5.74) is 1.87. The van der Waals surface area contributed by atoms with Crippen molar-refractivity contribution in [2.24, 2.45) is 0 Å². The molecule has 0 saturated carbocycles. The predicted octanol–water partition coefficient (Wildman–Crippen LogP) is 2.30. The summed E-state index contributed by atoms with van der Waals surface area (Å²) in [6.07, 6.45) is 0.638. The zero-order valence-corrected chi connectivity index (χ0v) is 13.1. The fourth-order valence-electron chi connectivity index (χ4n) is 2.69. The van der Waals surface area contributed by atoms with Crippen LogP contribution in [0.1, 0.15) is 12.0 Å². The molecule has 1 atom stereocenters. The lowest BCUT2D eigenvalue weighted by molar-refractivity contribution is -0.126. The molecule has 0 aromatic heterocycles. The van der Waals surface area contributed by atoms with Gasteiger partial charge in [-0.05, 0) is 25.5 Å². The summed E-state index contributed by atoms with van der Waals surface area (Å²) in [5.74, 6) is 0.0611. The van der Waals surface area contributed by atoms with E-state index in [2.05, 4.69) is 5.32 Å². The summed E-state index contributed by atoms with van der Waals surface area (Å²) >= 11 is 1.03. The minimum absolute atomic E-state index is 0.152. The molecule has 1 N–H and O–H groups in total. The zero-order chi connectivity index (χ0) is 15.7. The van der Waals surface area contributed by atoms with Crippen LogP contribution >= 0.6 is 11.8 Å². The number of likely N-dealkylation sites (tertiary alicyclic amines) is 1. The molecule has 0 bridgehead atoms. The Balaban J connectivity index is 1.60. The Morgan fingerprint density at radius 2 is 2.00 bits per heavy atom. The van der Waals surface area contributed by atoms with E-state index < -0.39 is 0 Å². The fraction of sp³-hybridized carbons (Fsp3) is 0.400. The van der Waals surface area contributed by atoms with Gasteiger partial charge in [0.15, 0.2) is 0 Å². The van der Waals surface area contributed by atoms with Gasteiger partial charge in [-0.1, -0.05) is 29.5 Å². The van der Waals surface area contributed by atoms with Gasteiger partial charge in [-0.3, -0.25) is 14.5 Å². The monoisotopic (exact) mass is 319 g/mol. The lowest BCUT2D eigenvalue weighted by Crippen LogP contribution is -2.42. The van der Waals surface area contributed by atoms with Crippen molar-refractivity contribution in [3.63, 3.8) is 0 Å². The van der Waals surface area contributed by atoms with Crippen LogP contribution in [0.3, 0.4) is 0 Å². The Labute approximate surface area is 132 Å². The molecule has 1 unspecified atom stereocenters. The molecule has 1 aromatic rings. The van der Waals surface area contributed by atoms with Gasteiger partial charge in [-0.15, -0.1) is 0 Å². The first-order valence-electron chi connectivity index (χ1n) is 7.16. The van der Waals surface area contributed by atoms with E-state index in [1.807, 2.05) is 31.2 Å². The number of thioether (sulfide) groups is 1. The number of nitrogens with zero attached hydrogens (tertiary/aromatic N) is 2. The van der Waals surface area contributed by atoms with Crippen LogP contribution in [0.25, 0.3) is 0 Å². The molecule has 2 heterocycles. The number of anilines is 1. The second kappa shape index (κ2) is 6.00. The largest absolute Gasteiger partial charge is 0.322 e. The second-order valence-corrected chi connectivity index (χ2v) is 6.43. The van der Waals surface area contributed by atoms with Gasteiger partial charge in [-0.25, -0.2) is 4.79 Å². The van der Waals surface area contributed by atoms with Crippen LogP contribution in [-0.2, 0) is 4.79 Å². The third kappa shape index (κ3) is 2.94. The van der Waals surface area contributed by atoms with Crippen molar-refractivity contribution in [1.82, 2.24) is 9.80 Å². The molecule has 7 heteroatoms. The first kappa shape index (κ1) is 14.9. The van der Waals surface area contributed by atoms with E-state index in [0.717, 1.165) is 23.0 Å². The van der Waals surface area contributed by atoms with E-state index in [1.165, 1.54) is 4.90 Å². The fourth-order valence-corrected chi connectivity index (χ4v) is 3.47. The summed E-state index contributed by atoms with van der Waals surface area (Å²) < 4.78 is 0. The first-order chi connectivity index (χ1) is 10.5. The van der Waals surface area contributed by atoms with Crippen LogP contribution in [0.15, 0.2) is 24.3 Å². The maximum absolute atomic E-state index is 12.2. The van der Waals surface area contributed by atoms with Crippen molar-refractivity contribution in [3.05, 3.63) is 29.8 Å². The molecule has 116 valence electrons. The van der Waals surface area contributed by atoms with Gasteiger partial charge in [0.05, 0.1) is 11.8 Å². The number of aryl methyl sites for hydroxylation is 1. The Morgan fingerprint density at radius 1 is 1.27 bits per heavy atom. The van der Waals surface area contributed by atoms with Crippen molar-refractivity contribution in [2.45, 2.75) is 19.4 Å². The van der Waals surface area contributed by atoms with E-state index in [9.17, 15) is 14.4 Å². The highest BCUT2D eigenvalue weighted by molar-refractivity contribution is 8.14. The third-order valence-corrected chi connectivity index (χ3v) is 4.74. The highest BCUT2D eigenvalue weighted by Crippen LogP contribution is 2.26. The van der Waals surface area contributed by atoms with E-state index in [-0.39, 0.29) is 29.0 Å². The summed E-state index contributed by atoms with van der Waals surface area (Å²) in [4.78, 5) is 38.7. The standard InChI is InChI=1S/C15H17N3O3S/c1-10-2-4-11(5-3-10)16-14(20)17-7-6-12(8-17)18-13(19)9-22-15(18)21/h2-5,12H,6-9H2,1H3,(H,16,20). The maximum Gasteiger partial charge on any atom is 0.321 e. The molecular formula is C15H17N3O3S. The summed E-state index contributed by atoms with van der Waals surface area (Å²) in [7, 11) is 0. The number of benzene rings is 1. The number of hydrogen-bond donors (Lipinski definition) is 1. The van der Waals surface area contributed by atoms with Gasteiger partial charge >= 0.3 is 6.03 Å². The minimum Gasteiger partial charge on any atom is -0.322 e. The highest BCUT2D eigenvalue weighted by Gasteiger charge is 2.40. The molecule has 3 rings (SSSR count). The lowest BCUT2D eigenvalue weighted by atomic mass is 10.2. The van der Waals surface area contributed by atoms with Gasteiger partial charge in [0.25, 0.3) is 5.24 Å². The number of nitrogens with one attached hydrogen (secondary N) is 1. The molecular weight excluding hydrogens is 302 g/mol. The van der Waals surface area contributed by atoms with E-state index in [0.29, 0.717) is 19.5 Å². The lowest BCUT2D eigenvalue weighted by Gasteiger charge is -2.22. The van der Waals surface area contributed by atoms with Gasteiger partial charge in [0, 0.05) is 18.8 Å². The topological polar surface area (TPSA) is 69.7 Å². The van der Waals surface area contributed by atoms with E-state index in [4.69, 9.17) is 0 Å². The average Bonchev–Trinajstić information content (AvgIpc) is 3.08. The van der Waals surface area contributed by atoms with Crippen LogP contribution in [0, 0.1) is 6.92 Å². The van der Waals surface area contributed by atoms with Crippen LogP contribution in [0.2, 0.25) is 0 Å². The van der Waals surface area contributed by atoms with Crippen molar-refractivity contribution < 1.29 is 14.4 Å². The van der Waals surface area contributed by atoms with Gasteiger partial charge in [0.1, 0.15) is 0 Å². The Morgan fingerprint density at radius 3 is 2.64 bits per heavy atom. The third-order valence-electron chi connectivity index (χ3n) is 3.90. The molecule has 22 heavy (non-hydrogen) atoms. The van der Waals surface area contributed by atoms with Crippen molar-refractivity contribution in [3.8, 4) is 0 Å². The molecule has 6 nitrogen and oxygen atoms in total. The SMILES string of the molecule is Cc1ccc(NC(=O)N2CCC(N3C(=O)CSC3=O)C2)cc1. The molecule has 2 fully saturated rings. The van der Waals surface area contributed by atoms with Crippen molar-refractivity contribution in [2.75, 3.05) is 24.2 Å². The Kier molecular flexibility index (Phi) is 4.06.